The van der Waals surface area contributed by atoms with Gasteiger partial charge in [-0.3, -0.25) is 0 Å². The van der Waals surface area contributed by atoms with Gasteiger partial charge in [-0.05, 0) is 49.3 Å². The Hall–Kier alpha value is -2.14. The van der Waals surface area contributed by atoms with Crippen molar-refractivity contribution in [3.05, 3.63) is 41.7 Å². The van der Waals surface area contributed by atoms with Crippen molar-refractivity contribution in [3.8, 4) is 0 Å². The van der Waals surface area contributed by atoms with E-state index >= 15 is 0 Å². The van der Waals surface area contributed by atoms with Gasteiger partial charge in [-0.15, -0.1) is 0 Å². The summed E-state index contributed by atoms with van der Waals surface area (Å²) in [5.41, 5.74) is 9.71. The number of nitrogens with zero attached hydrogens (tertiary/aromatic N) is 3. The van der Waals surface area contributed by atoms with Gasteiger partial charge in [0.2, 0.25) is 5.95 Å². The zero-order valence-corrected chi connectivity index (χ0v) is 15.5. The quantitative estimate of drug-likeness (QED) is 0.866. The Morgan fingerprint density at radius 2 is 1.88 bits per heavy atom. The van der Waals surface area contributed by atoms with E-state index in [-0.39, 0.29) is 0 Å². The summed E-state index contributed by atoms with van der Waals surface area (Å²) in [4.78, 5) is 11.6. The highest BCUT2D eigenvalue weighted by Crippen LogP contribution is 2.27. The molecule has 134 valence electrons. The van der Waals surface area contributed by atoms with Crippen LogP contribution in [-0.4, -0.2) is 23.1 Å². The first-order chi connectivity index (χ1) is 12.1. The molecule has 3 N–H and O–H groups in total. The summed E-state index contributed by atoms with van der Waals surface area (Å²) in [6, 6.07) is 8.13. The highest BCUT2D eigenvalue weighted by Gasteiger charge is 2.23. The number of rotatable bonds is 5. The Morgan fingerprint density at radius 1 is 1.20 bits per heavy atom. The van der Waals surface area contributed by atoms with Crippen LogP contribution < -0.4 is 16.0 Å². The average Bonchev–Trinajstić information content (AvgIpc) is 2.64. The third-order valence-electron chi connectivity index (χ3n) is 5.20. The van der Waals surface area contributed by atoms with Crippen molar-refractivity contribution in [2.45, 2.75) is 40.2 Å². The Morgan fingerprint density at radius 3 is 2.44 bits per heavy atom. The lowest BCUT2D eigenvalue weighted by molar-refractivity contribution is 0.310. The normalized spacial score (nSPS) is 15.6. The maximum absolute atomic E-state index is 5.64. The summed E-state index contributed by atoms with van der Waals surface area (Å²) >= 11 is 0. The fraction of sp³-hybridized carbons (Fsp3) is 0.500. The fourth-order valence-electron chi connectivity index (χ4n) is 3.38. The molecule has 1 saturated heterocycles. The van der Waals surface area contributed by atoms with Crippen LogP contribution in [0.25, 0.3) is 0 Å². The second kappa shape index (κ2) is 7.83. The summed E-state index contributed by atoms with van der Waals surface area (Å²) in [7, 11) is 0. The van der Waals surface area contributed by atoms with Crippen LogP contribution in [0.15, 0.2) is 30.5 Å². The molecule has 1 fully saturated rings. The summed E-state index contributed by atoms with van der Waals surface area (Å²) < 4.78 is 0. The molecule has 1 aromatic carbocycles. The van der Waals surface area contributed by atoms with E-state index < -0.39 is 0 Å². The Bertz CT molecular complexity index is 688. The first kappa shape index (κ1) is 17.7. The number of hydrogen-bond acceptors (Lipinski definition) is 5. The molecule has 0 amide bonds. The number of aryl methyl sites for hydroxylation is 1. The zero-order chi connectivity index (χ0) is 17.8. The van der Waals surface area contributed by atoms with Crippen molar-refractivity contribution in [2.24, 2.45) is 17.6 Å². The molecule has 0 unspecified atom stereocenters. The molecule has 1 aliphatic heterocycles. The SMILES string of the molecule is Cc1nc(N2CCC(C(C)C)CC2)ncc1Nc1ccc(CN)cc1. The third kappa shape index (κ3) is 4.28. The zero-order valence-electron chi connectivity index (χ0n) is 15.5. The van der Waals surface area contributed by atoms with Crippen molar-refractivity contribution in [1.82, 2.24) is 9.97 Å². The number of piperidine rings is 1. The molecular formula is C20H29N5. The van der Waals surface area contributed by atoms with Crippen molar-refractivity contribution < 1.29 is 0 Å². The van der Waals surface area contributed by atoms with Gasteiger partial charge in [-0.25, -0.2) is 9.97 Å². The minimum atomic E-state index is 0.560. The minimum Gasteiger partial charge on any atom is -0.353 e. The van der Waals surface area contributed by atoms with Crippen LogP contribution in [-0.2, 0) is 6.54 Å². The lowest BCUT2D eigenvalue weighted by atomic mass is 9.87. The van der Waals surface area contributed by atoms with Gasteiger partial charge in [0.15, 0.2) is 0 Å². The van der Waals surface area contributed by atoms with Gasteiger partial charge in [0.05, 0.1) is 17.6 Å². The molecule has 1 aromatic heterocycles. The summed E-state index contributed by atoms with van der Waals surface area (Å²) in [6.07, 6.45) is 4.35. The summed E-state index contributed by atoms with van der Waals surface area (Å²) in [5.74, 6) is 2.44. The van der Waals surface area contributed by atoms with Crippen molar-refractivity contribution in [2.75, 3.05) is 23.3 Å². The summed E-state index contributed by atoms with van der Waals surface area (Å²) in [6.45, 7) is 9.33. The van der Waals surface area contributed by atoms with Gasteiger partial charge in [0.1, 0.15) is 0 Å². The van der Waals surface area contributed by atoms with Crippen LogP contribution in [0, 0.1) is 18.8 Å². The first-order valence-corrected chi connectivity index (χ1v) is 9.21. The van der Waals surface area contributed by atoms with Gasteiger partial charge in [0.25, 0.3) is 0 Å². The molecule has 0 atom stereocenters. The molecule has 2 aromatic rings. The minimum absolute atomic E-state index is 0.560. The monoisotopic (exact) mass is 339 g/mol. The second-order valence-electron chi connectivity index (χ2n) is 7.26. The van der Waals surface area contributed by atoms with E-state index in [0.29, 0.717) is 6.54 Å². The van der Waals surface area contributed by atoms with Crippen LogP contribution in [0.4, 0.5) is 17.3 Å². The number of nitrogens with one attached hydrogen (secondary N) is 1. The van der Waals surface area contributed by atoms with Crippen LogP contribution in [0.2, 0.25) is 0 Å². The lowest BCUT2D eigenvalue weighted by Crippen LogP contribution is -2.36. The van der Waals surface area contributed by atoms with E-state index in [1.54, 1.807) is 0 Å². The predicted octanol–water partition coefficient (Wildman–Crippen LogP) is 3.86. The van der Waals surface area contributed by atoms with Gasteiger partial charge < -0.3 is 16.0 Å². The maximum atomic E-state index is 5.64. The van der Waals surface area contributed by atoms with E-state index in [9.17, 15) is 0 Å². The smallest absolute Gasteiger partial charge is 0.225 e. The van der Waals surface area contributed by atoms with Crippen molar-refractivity contribution in [3.63, 3.8) is 0 Å². The van der Waals surface area contributed by atoms with E-state index in [2.05, 4.69) is 29.0 Å². The lowest BCUT2D eigenvalue weighted by Gasteiger charge is -2.34. The van der Waals surface area contributed by atoms with Gasteiger partial charge >= 0.3 is 0 Å². The van der Waals surface area contributed by atoms with Crippen LogP contribution in [0.3, 0.4) is 0 Å². The largest absolute Gasteiger partial charge is 0.353 e. The van der Waals surface area contributed by atoms with Crippen LogP contribution >= 0.6 is 0 Å². The Balaban J connectivity index is 1.66. The number of benzene rings is 1. The van der Waals surface area contributed by atoms with E-state index in [1.165, 1.54) is 12.8 Å². The molecule has 3 rings (SSSR count). The van der Waals surface area contributed by atoms with Gasteiger partial charge in [-0.2, -0.15) is 0 Å². The Labute approximate surface area is 150 Å². The molecule has 0 saturated carbocycles. The number of hydrogen-bond donors (Lipinski definition) is 2. The number of nitrogens with two attached hydrogens (primary N) is 1. The highest BCUT2D eigenvalue weighted by molar-refractivity contribution is 5.61. The standard InChI is InChI=1S/C20H29N5/c1-14(2)17-8-10-25(11-9-17)20-22-13-19(15(3)23-20)24-18-6-4-16(12-21)5-7-18/h4-7,13-14,17,24H,8-12,21H2,1-3H3. The van der Waals surface area contributed by atoms with E-state index in [0.717, 1.165) is 53.5 Å². The first-order valence-electron chi connectivity index (χ1n) is 9.21. The molecule has 0 spiro atoms. The molecule has 0 radical (unpaired) electrons. The fourth-order valence-corrected chi connectivity index (χ4v) is 3.38. The van der Waals surface area contributed by atoms with Crippen molar-refractivity contribution in [1.29, 1.82) is 0 Å². The predicted molar refractivity (Wildman–Crippen MR) is 104 cm³/mol. The van der Waals surface area contributed by atoms with E-state index in [1.807, 2.05) is 37.4 Å². The number of aromatic nitrogens is 2. The molecule has 0 aliphatic carbocycles. The third-order valence-corrected chi connectivity index (χ3v) is 5.20. The Kier molecular flexibility index (Phi) is 5.53. The maximum Gasteiger partial charge on any atom is 0.225 e. The van der Waals surface area contributed by atoms with Gasteiger partial charge in [-0.1, -0.05) is 26.0 Å². The molecule has 0 bridgehead atoms. The molecular weight excluding hydrogens is 310 g/mol. The van der Waals surface area contributed by atoms with Crippen molar-refractivity contribution >= 4 is 17.3 Å². The van der Waals surface area contributed by atoms with Crippen LogP contribution in [0.5, 0.6) is 0 Å². The number of anilines is 3. The average molecular weight is 339 g/mol. The molecule has 5 nitrogen and oxygen atoms in total. The molecule has 25 heavy (non-hydrogen) atoms. The topological polar surface area (TPSA) is 67.1 Å². The molecule has 5 heteroatoms. The second-order valence-corrected chi connectivity index (χ2v) is 7.26. The van der Waals surface area contributed by atoms with E-state index in [4.69, 9.17) is 10.7 Å². The van der Waals surface area contributed by atoms with Crippen LogP contribution in [0.1, 0.15) is 37.9 Å². The van der Waals surface area contributed by atoms with Gasteiger partial charge in [0, 0.05) is 25.3 Å². The molecule has 1 aliphatic rings. The molecule has 2 heterocycles. The summed E-state index contributed by atoms with van der Waals surface area (Å²) in [5, 5.41) is 3.39. The highest BCUT2D eigenvalue weighted by atomic mass is 15.3.